The zero-order chi connectivity index (χ0) is 18.2. The number of aromatic nitrogens is 2. The van der Waals surface area contributed by atoms with Gasteiger partial charge in [0.2, 0.25) is 0 Å². The molecule has 0 unspecified atom stereocenters. The van der Waals surface area contributed by atoms with Crippen LogP contribution in [0.25, 0.3) is 0 Å². The van der Waals surface area contributed by atoms with Crippen LogP contribution in [0.4, 0.5) is 24.5 Å². The summed E-state index contributed by atoms with van der Waals surface area (Å²) in [6.07, 6.45) is -4.82. The van der Waals surface area contributed by atoms with Crippen LogP contribution in [0.15, 0.2) is 18.2 Å². The molecule has 0 aliphatic heterocycles. The number of nitrogens with one attached hydrogen (secondary N) is 1. The van der Waals surface area contributed by atoms with E-state index in [1.165, 1.54) is 6.07 Å². The van der Waals surface area contributed by atoms with Crippen LogP contribution in [-0.4, -0.2) is 20.6 Å². The smallest absolute Gasteiger partial charge is 0.315 e. The lowest BCUT2D eigenvalue weighted by atomic mass is 10.2. The van der Waals surface area contributed by atoms with E-state index in [0.717, 1.165) is 19.2 Å². The number of anilines is 1. The molecule has 128 valence electrons. The predicted molar refractivity (Wildman–Crippen MR) is 79.3 cm³/mol. The van der Waals surface area contributed by atoms with Gasteiger partial charge in [0.05, 0.1) is 4.92 Å². The quantitative estimate of drug-likeness (QED) is 0.643. The molecule has 0 saturated heterocycles. The lowest BCUT2D eigenvalue weighted by Gasteiger charge is -2.06. The number of carbonyl (C=O) groups is 1. The van der Waals surface area contributed by atoms with Gasteiger partial charge in [-0.1, -0.05) is 23.2 Å². The first kappa shape index (κ1) is 18.0. The summed E-state index contributed by atoms with van der Waals surface area (Å²) in [7, 11) is 0.968. The third kappa shape index (κ3) is 3.44. The average Bonchev–Trinajstić information content (AvgIpc) is 2.75. The highest BCUT2D eigenvalue weighted by Gasteiger charge is 2.40. The van der Waals surface area contributed by atoms with E-state index >= 15 is 0 Å². The zero-order valence-corrected chi connectivity index (χ0v) is 13.2. The predicted octanol–water partition coefficient (Wildman–Crippen LogP) is 3.91. The first-order valence-corrected chi connectivity index (χ1v) is 6.83. The van der Waals surface area contributed by atoms with Gasteiger partial charge in [0, 0.05) is 18.1 Å². The molecule has 1 heterocycles. The number of nitro benzene ring substituents is 1. The molecule has 12 heteroatoms. The molecule has 0 fully saturated rings. The monoisotopic (exact) mass is 382 g/mol. The van der Waals surface area contributed by atoms with Crippen molar-refractivity contribution in [2.45, 2.75) is 6.18 Å². The van der Waals surface area contributed by atoms with Crippen LogP contribution >= 0.6 is 23.2 Å². The van der Waals surface area contributed by atoms with Crippen molar-refractivity contribution in [2.24, 2.45) is 7.05 Å². The first-order chi connectivity index (χ1) is 11.0. The standard InChI is InChI=1S/C12H7Cl2F3N4O3/c1-20-10(12(15,16)17)8(14)9(19-20)11(22)18-6-3-2-5(13)4-7(6)21(23)24/h2-4H,1H3,(H,18,22). The van der Waals surface area contributed by atoms with Crippen LogP contribution < -0.4 is 5.32 Å². The number of halogens is 5. The van der Waals surface area contributed by atoms with E-state index in [9.17, 15) is 28.1 Å². The van der Waals surface area contributed by atoms with Crippen molar-refractivity contribution in [3.63, 3.8) is 0 Å². The van der Waals surface area contributed by atoms with E-state index in [1.54, 1.807) is 0 Å². The molecular weight excluding hydrogens is 376 g/mol. The number of amides is 1. The number of nitrogens with zero attached hydrogens (tertiary/aromatic N) is 3. The second-order valence-corrected chi connectivity index (χ2v) is 5.32. The van der Waals surface area contributed by atoms with Gasteiger partial charge in [-0.3, -0.25) is 19.6 Å². The Kier molecular flexibility index (Phi) is 4.72. The highest BCUT2D eigenvalue weighted by molar-refractivity contribution is 6.35. The molecule has 0 aliphatic carbocycles. The van der Waals surface area contributed by atoms with Gasteiger partial charge < -0.3 is 5.32 Å². The maximum Gasteiger partial charge on any atom is 0.434 e. The Hall–Kier alpha value is -2.33. The zero-order valence-electron chi connectivity index (χ0n) is 11.7. The van der Waals surface area contributed by atoms with Gasteiger partial charge in [0.1, 0.15) is 10.7 Å². The number of carbonyl (C=O) groups excluding carboxylic acids is 1. The van der Waals surface area contributed by atoms with E-state index in [0.29, 0.717) is 4.68 Å². The van der Waals surface area contributed by atoms with Crippen molar-refractivity contribution in [1.29, 1.82) is 0 Å². The summed E-state index contributed by atoms with van der Waals surface area (Å²) < 4.78 is 39.0. The molecule has 0 spiro atoms. The second kappa shape index (κ2) is 6.29. The Morgan fingerprint density at radius 3 is 2.50 bits per heavy atom. The lowest BCUT2D eigenvalue weighted by Crippen LogP contribution is -2.14. The molecule has 1 aromatic heterocycles. The van der Waals surface area contributed by atoms with E-state index in [-0.39, 0.29) is 10.7 Å². The summed E-state index contributed by atoms with van der Waals surface area (Å²) in [6.45, 7) is 0. The Labute approximate surface area is 142 Å². The molecule has 2 rings (SSSR count). The van der Waals surface area contributed by atoms with Crippen LogP contribution in [0.5, 0.6) is 0 Å². The SMILES string of the molecule is Cn1nc(C(=O)Nc2ccc(Cl)cc2[N+](=O)[O-])c(Cl)c1C(F)(F)F. The number of rotatable bonds is 3. The third-order valence-electron chi connectivity index (χ3n) is 2.88. The highest BCUT2D eigenvalue weighted by Crippen LogP contribution is 2.36. The molecule has 2 aromatic rings. The van der Waals surface area contributed by atoms with Crippen molar-refractivity contribution >= 4 is 40.5 Å². The van der Waals surface area contributed by atoms with Crippen LogP contribution in [0.2, 0.25) is 10.0 Å². The van der Waals surface area contributed by atoms with E-state index in [1.807, 2.05) is 0 Å². The molecule has 0 saturated carbocycles. The van der Waals surface area contributed by atoms with Gasteiger partial charge >= 0.3 is 6.18 Å². The van der Waals surface area contributed by atoms with Gasteiger partial charge in [-0.15, -0.1) is 0 Å². The molecular formula is C12H7Cl2F3N4O3. The van der Waals surface area contributed by atoms with Gasteiger partial charge in [-0.05, 0) is 12.1 Å². The third-order valence-corrected chi connectivity index (χ3v) is 3.47. The van der Waals surface area contributed by atoms with Gasteiger partial charge in [-0.25, -0.2) is 0 Å². The minimum absolute atomic E-state index is 0.0509. The molecule has 0 aliphatic rings. The second-order valence-electron chi connectivity index (χ2n) is 4.51. The maximum absolute atomic E-state index is 12.8. The van der Waals surface area contributed by atoms with Crippen LogP contribution in [0, 0.1) is 10.1 Å². The fourth-order valence-corrected chi connectivity index (χ4v) is 2.41. The number of hydrogen-bond donors (Lipinski definition) is 1. The van der Waals surface area contributed by atoms with E-state index < -0.39 is 39.1 Å². The Morgan fingerprint density at radius 2 is 2.00 bits per heavy atom. The molecule has 1 aromatic carbocycles. The normalized spacial score (nSPS) is 11.4. The minimum Gasteiger partial charge on any atom is -0.315 e. The number of alkyl halides is 3. The average molecular weight is 383 g/mol. The fourth-order valence-electron chi connectivity index (χ4n) is 1.89. The molecule has 1 N–H and O–H groups in total. The largest absolute Gasteiger partial charge is 0.434 e. The molecule has 7 nitrogen and oxygen atoms in total. The Balaban J connectivity index is 2.41. The number of nitro groups is 1. The van der Waals surface area contributed by atoms with E-state index in [2.05, 4.69) is 10.4 Å². The van der Waals surface area contributed by atoms with Gasteiger partial charge in [0.25, 0.3) is 11.6 Å². The van der Waals surface area contributed by atoms with Crippen molar-refractivity contribution in [1.82, 2.24) is 9.78 Å². The first-order valence-electron chi connectivity index (χ1n) is 6.07. The fraction of sp³-hybridized carbons (Fsp3) is 0.167. The minimum atomic E-state index is -4.82. The molecule has 0 atom stereocenters. The van der Waals surface area contributed by atoms with Crippen LogP contribution in [0.1, 0.15) is 16.2 Å². The van der Waals surface area contributed by atoms with Crippen molar-refractivity contribution in [2.75, 3.05) is 5.32 Å². The molecule has 0 bridgehead atoms. The van der Waals surface area contributed by atoms with Gasteiger partial charge in [0.15, 0.2) is 11.4 Å². The van der Waals surface area contributed by atoms with Crippen molar-refractivity contribution in [3.05, 3.63) is 49.7 Å². The summed E-state index contributed by atoms with van der Waals surface area (Å²) in [5.74, 6) is -1.13. The lowest BCUT2D eigenvalue weighted by molar-refractivity contribution is -0.383. The van der Waals surface area contributed by atoms with Crippen molar-refractivity contribution in [3.8, 4) is 0 Å². The Morgan fingerprint density at radius 1 is 1.38 bits per heavy atom. The summed E-state index contributed by atoms with van der Waals surface area (Å²) in [6, 6.07) is 3.39. The van der Waals surface area contributed by atoms with Crippen LogP contribution in [-0.2, 0) is 13.2 Å². The summed E-state index contributed by atoms with van der Waals surface area (Å²) in [5.41, 5.74) is -2.81. The highest BCUT2D eigenvalue weighted by atomic mass is 35.5. The molecule has 1 amide bonds. The maximum atomic E-state index is 12.8. The summed E-state index contributed by atoms with van der Waals surface area (Å²) in [4.78, 5) is 22.2. The Bertz CT molecular complexity index is 836. The topological polar surface area (TPSA) is 90.1 Å². The summed E-state index contributed by atoms with van der Waals surface area (Å²) in [5, 5.41) is 15.6. The molecule has 24 heavy (non-hydrogen) atoms. The molecule has 0 radical (unpaired) electrons. The number of aryl methyl sites for hydroxylation is 1. The van der Waals surface area contributed by atoms with Crippen molar-refractivity contribution < 1.29 is 22.9 Å². The van der Waals surface area contributed by atoms with Crippen LogP contribution in [0.3, 0.4) is 0 Å². The number of hydrogen-bond acceptors (Lipinski definition) is 4. The summed E-state index contributed by atoms with van der Waals surface area (Å²) >= 11 is 11.2. The van der Waals surface area contributed by atoms with Gasteiger partial charge in [-0.2, -0.15) is 18.3 Å². The van der Waals surface area contributed by atoms with E-state index in [4.69, 9.17) is 23.2 Å². The number of benzene rings is 1.